The first kappa shape index (κ1) is 19.4. The second-order valence-corrected chi connectivity index (χ2v) is 7.84. The van der Waals surface area contributed by atoms with E-state index in [2.05, 4.69) is 27.7 Å². The topological polar surface area (TPSA) is 81.8 Å². The largest absolute Gasteiger partial charge is 0.352 e. The predicted molar refractivity (Wildman–Crippen MR) is 102 cm³/mol. The Balaban J connectivity index is 1.41. The molecule has 2 aliphatic rings. The first-order valence-electron chi connectivity index (χ1n) is 9.56. The van der Waals surface area contributed by atoms with Crippen LogP contribution in [0.15, 0.2) is 24.3 Å². The van der Waals surface area contributed by atoms with Gasteiger partial charge in [0.05, 0.1) is 0 Å². The highest BCUT2D eigenvalue weighted by Crippen LogP contribution is 2.17. The zero-order valence-electron chi connectivity index (χ0n) is 16.1. The minimum atomic E-state index is -0.898. The summed E-state index contributed by atoms with van der Waals surface area (Å²) in [5.41, 5.74) is 1.42. The molecule has 0 unspecified atom stereocenters. The van der Waals surface area contributed by atoms with E-state index >= 15 is 0 Å². The van der Waals surface area contributed by atoms with Gasteiger partial charge in [-0.15, -0.1) is 0 Å². The van der Waals surface area contributed by atoms with Gasteiger partial charge in [0.15, 0.2) is 0 Å². The van der Waals surface area contributed by atoms with E-state index in [1.165, 1.54) is 31.5 Å². The van der Waals surface area contributed by atoms with Gasteiger partial charge >= 0.3 is 6.03 Å². The van der Waals surface area contributed by atoms with Crippen LogP contribution in [0, 0.1) is 0 Å². The fraction of sp³-hybridized carbons (Fsp3) is 0.550. The molecule has 2 saturated heterocycles. The lowest BCUT2D eigenvalue weighted by Gasteiger charge is -2.16. The molecule has 0 bridgehead atoms. The molecular formula is C20H28N4O3. The first-order valence-corrected chi connectivity index (χ1v) is 9.56. The number of nitrogens with one attached hydrogen (secondary N) is 2. The Morgan fingerprint density at radius 1 is 1.11 bits per heavy atom. The molecule has 1 aromatic carbocycles. The van der Waals surface area contributed by atoms with E-state index in [4.69, 9.17) is 0 Å². The molecule has 27 heavy (non-hydrogen) atoms. The van der Waals surface area contributed by atoms with Crippen molar-refractivity contribution in [1.29, 1.82) is 0 Å². The maximum Gasteiger partial charge on any atom is 0.325 e. The van der Waals surface area contributed by atoms with E-state index in [0.29, 0.717) is 6.54 Å². The standard InChI is InChI=1S/C20H28N4O3/c1-20(2)18(26)24(19(27)22-20)12-9-17(25)21-13-15-5-7-16(8-6-15)14-23-10-3-4-11-23/h5-8H,3-4,9-14H2,1-2H3,(H,21,25)(H,22,27). The highest BCUT2D eigenvalue weighted by atomic mass is 16.2. The van der Waals surface area contributed by atoms with Crippen LogP contribution in [-0.4, -0.2) is 52.8 Å². The van der Waals surface area contributed by atoms with Crippen molar-refractivity contribution in [2.75, 3.05) is 19.6 Å². The molecule has 0 aromatic heterocycles. The van der Waals surface area contributed by atoms with Crippen LogP contribution >= 0.6 is 0 Å². The molecule has 1 aromatic rings. The van der Waals surface area contributed by atoms with Crippen molar-refractivity contribution in [3.63, 3.8) is 0 Å². The SMILES string of the molecule is CC1(C)NC(=O)N(CCC(=O)NCc2ccc(CN3CCCC3)cc2)C1=O. The van der Waals surface area contributed by atoms with E-state index in [0.717, 1.165) is 17.0 Å². The Morgan fingerprint density at radius 2 is 1.74 bits per heavy atom. The van der Waals surface area contributed by atoms with E-state index in [-0.39, 0.29) is 24.8 Å². The summed E-state index contributed by atoms with van der Waals surface area (Å²) in [5.74, 6) is -0.477. The highest BCUT2D eigenvalue weighted by Gasteiger charge is 2.43. The van der Waals surface area contributed by atoms with Gasteiger partial charge in [0.1, 0.15) is 5.54 Å². The van der Waals surface area contributed by atoms with Crippen LogP contribution in [0.3, 0.4) is 0 Å². The molecule has 0 radical (unpaired) electrons. The number of amides is 4. The van der Waals surface area contributed by atoms with Gasteiger partial charge in [0.2, 0.25) is 5.91 Å². The van der Waals surface area contributed by atoms with Crippen molar-refractivity contribution in [1.82, 2.24) is 20.4 Å². The van der Waals surface area contributed by atoms with Crippen LogP contribution in [-0.2, 0) is 22.7 Å². The molecule has 0 aliphatic carbocycles. The fourth-order valence-electron chi connectivity index (χ4n) is 3.48. The summed E-state index contributed by atoms with van der Waals surface area (Å²) in [7, 11) is 0. The monoisotopic (exact) mass is 372 g/mol. The third-order valence-corrected chi connectivity index (χ3v) is 5.12. The molecule has 3 rings (SSSR count). The van der Waals surface area contributed by atoms with Crippen molar-refractivity contribution in [2.45, 2.75) is 51.7 Å². The molecule has 2 fully saturated rings. The van der Waals surface area contributed by atoms with Crippen molar-refractivity contribution < 1.29 is 14.4 Å². The van der Waals surface area contributed by atoms with Gasteiger partial charge in [0, 0.05) is 26.1 Å². The van der Waals surface area contributed by atoms with Crippen molar-refractivity contribution in [3.8, 4) is 0 Å². The molecule has 0 spiro atoms. The second kappa shape index (κ2) is 8.08. The van der Waals surface area contributed by atoms with Crippen LogP contribution < -0.4 is 10.6 Å². The van der Waals surface area contributed by atoms with Gasteiger partial charge < -0.3 is 10.6 Å². The lowest BCUT2D eigenvalue weighted by atomic mass is 10.1. The van der Waals surface area contributed by atoms with Gasteiger partial charge in [0.25, 0.3) is 5.91 Å². The summed E-state index contributed by atoms with van der Waals surface area (Å²) in [6.45, 7) is 7.17. The third kappa shape index (κ3) is 4.86. The zero-order chi connectivity index (χ0) is 19.4. The highest BCUT2D eigenvalue weighted by molar-refractivity contribution is 6.06. The molecule has 7 heteroatoms. The number of urea groups is 1. The van der Waals surface area contributed by atoms with Crippen LogP contribution in [0.1, 0.15) is 44.2 Å². The van der Waals surface area contributed by atoms with Gasteiger partial charge in [-0.05, 0) is 50.9 Å². The Morgan fingerprint density at radius 3 is 2.33 bits per heavy atom. The first-order chi connectivity index (χ1) is 12.8. The molecule has 146 valence electrons. The molecule has 7 nitrogen and oxygen atoms in total. The minimum Gasteiger partial charge on any atom is -0.352 e. The van der Waals surface area contributed by atoms with Crippen LogP contribution in [0.2, 0.25) is 0 Å². The maximum atomic E-state index is 12.1. The van der Waals surface area contributed by atoms with E-state index in [1.54, 1.807) is 13.8 Å². The number of imide groups is 1. The number of carbonyl (C=O) groups is 3. The van der Waals surface area contributed by atoms with E-state index < -0.39 is 11.6 Å². The molecule has 2 N–H and O–H groups in total. The van der Waals surface area contributed by atoms with Crippen LogP contribution in [0.4, 0.5) is 4.79 Å². The normalized spacial score (nSPS) is 19.4. The van der Waals surface area contributed by atoms with Gasteiger partial charge in [-0.2, -0.15) is 0 Å². The smallest absolute Gasteiger partial charge is 0.325 e. The Hall–Kier alpha value is -2.41. The number of nitrogens with zero attached hydrogens (tertiary/aromatic N) is 2. The Labute approximate surface area is 160 Å². The molecule has 4 amide bonds. The summed E-state index contributed by atoms with van der Waals surface area (Å²) >= 11 is 0. The molecule has 2 heterocycles. The number of hydrogen-bond acceptors (Lipinski definition) is 4. The van der Waals surface area contributed by atoms with Crippen molar-refractivity contribution >= 4 is 17.8 Å². The Bertz CT molecular complexity index is 708. The quantitative estimate of drug-likeness (QED) is 0.713. The average molecular weight is 372 g/mol. The third-order valence-electron chi connectivity index (χ3n) is 5.12. The van der Waals surface area contributed by atoms with Crippen molar-refractivity contribution in [2.24, 2.45) is 0 Å². The van der Waals surface area contributed by atoms with E-state index in [1.807, 2.05) is 12.1 Å². The fourth-order valence-corrected chi connectivity index (χ4v) is 3.48. The number of rotatable bonds is 7. The van der Waals surface area contributed by atoms with Crippen LogP contribution in [0.5, 0.6) is 0 Å². The number of likely N-dealkylation sites (tertiary alicyclic amines) is 1. The summed E-state index contributed by atoms with van der Waals surface area (Å²) < 4.78 is 0. The van der Waals surface area contributed by atoms with Crippen molar-refractivity contribution in [3.05, 3.63) is 35.4 Å². The molecular weight excluding hydrogens is 344 g/mol. The average Bonchev–Trinajstić information content (AvgIpc) is 3.19. The van der Waals surface area contributed by atoms with E-state index in [9.17, 15) is 14.4 Å². The summed E-state index contributed by atoms with van der Waals surface area (Å²) in [5, 5.41) is 5.45. The van der Waals surface area contributed by atoms with Gasteiger partial charge in [-0.1, -0.05) is 24.3 Å². The predicted octanol–water partition coefficient (Wildman–Crippen LogP) is 1.62. The summed E-state index contributed by atoms with van der Waals surface area (Å²) in [4.78, 5) is 39.5. The lowest BCUT2D eigenvalue weighted by Crippen LogP contribution is -2.40. The van der Waals surface area contributed by atoms with Crippen LogP contribution in [0.25, 0.3) is 0 Å². The lowest BCUT2D eigenvalue weighted by molar-refractivity contribution is -0.130. The van der Waals surface area contributed by atoms with Gasteiger partial charge in [-0.25, -0.2) is 4.79 Å². The molecule has 0 atom stereocenters. The second-order valence-electron chi connectivity index (χ2n) is 7.84. The number of carbonyl (C=O) groups excluding carboxylic acids is 3. The zero-order valence-corrected chi connectivity index (χ0v) is 16.1. The minimum absolute atomic E-state index is 0.0920. The summed E-state index contributed by atoms with van der Waals surface area (Å²) in [6.07, 6.45) is 2.67. The summed E-state index contributed by atoms with van der Waals surface area (Å²) in [6, 6.07) is 7.84. The van der Waals surface area contributed by atoms with Gasteiger partial charge in [-0.3, -0.25) is 19.4 Å². The number of hydrogen-bond donors (Lipinski definition) is 2. The Kier molecular flexibility index (Phi) is 5.79. The maximum absolute atomic E-state index is 12.1. The molecule has 0 saturated carbocycles. The molecule has 2 aliphatic heterocycles. The number of benzene rings is 1.